The molecule has 0 atom stereocenters. The van der Waals surface area contributed by atoms with Gasteiger partial charge in [0.2, 0.25) is 0 Å². The molecule has 8 nitrogen and oxygen atoms in total. The number of ether oxygens (including phenoxy) is 2. The molecule has 58 heavy (non-hydrogen) atoms. The number of benzene rings is 2. The van der Waals surface area contributed by atoms with Crippen LogP contribution in [0.1, 0.15) is 169 Å². The minimum absolute atomic E-state index is 0.153. The normalized spacial score (nSPS) is 20.3. The van der Waals surface area contributed by atoms with Crippen molar-refractivity contribution < 1.29 is 29.3 Å². The van der Waals surface area contributed by atoms with Crippen LogP contribution in [0.25, 0.3) is 0 Å². The summed E-state index contributed by atoms with van der Waals surface area (Å²) < 4.78 is 12.3. The van der Waals surface area contributed by atoms with E-state index in [0.717, 1.165) is 72.2 Å². The molecule has 8 heteroatoms. The molecule has 0 radical (unpaired) electrons. The average Bonchev–Trinajstić information content (AvgIpc) is 3.03. The molecule has 0 unspecified atom stereocenters. The highest BCUT2D eigenvalue weighted by Crippen LogP contribution is 2.42. The quantitative estimate of drug-likeness (QED) is 0.162. The summed E-state index contributed by atoms with van der Waals surface area (Å²) in [7, 11) is 0. The average molecular weight is 803 g/mol. The molecule has 2 N–H and O–H groups in total. The van der Waals surface area contributed by atoms with Gasteiger partial charge >= 0.3 is 11.9 Å². The molecule has 2 aromatic carbocycles. The summed E-state index contributed by atoms with van der Waals surface area (Å²) in [6.45, 7) is 36.0. The highest BCUT2D eigenvalue weighted by atomic mass is 16.5. The topological polar surface area (TPSA) is 99.5 Å². The van der Waals surface area contributed by atoms with Crippen molar-refractivity contribution in [3.8, 4) is 11.5 Å². The van der Waals surface area contributed by atoms with Gasteiger partial charge in [0.25, 0.3) is 0 Å². The van der Waals surface area contributed by atoms with Gasteiger partial charge < -0.3 is 19.7 Å². The highest BCUT2D eigenvalue weighted by Gasteiger charge is 2.47. The maximum Gasteiger partial charge on any atom is 0.306 e. The van der Waals surface area contributed by atoms with Crippen LogP contribution in [0.2, 0.25) is 0 Å². The van der Waals surface area contributed by atoms with E-state index in [0.29, 0.717) is 37.2 Å². The molecule has 2 saturated heterocycles. The summed E-state index contributed by atoms with van der Waals surface area (Å²) in [6.07, 6.45) is 9.11. The van der Waals surface area contributed by atoms with Crippen molar-refractivity contribution in [1.82, 2.24) is 9.80 Å². The fourth-order valence-corrected chi connectivity index (χ4v) is 10.1. The minimum Gasteiger partial charge on any atom is -0.507 e. The molecular formula is C50H78N2O6. The first-order chi connectivity index (χ1) is 26.4. The van der Waals surface area contributed by atoms with Gasteiger partial charge in [-0.15, -0.1) is 0 Å². The predicted octanol–water partition coefficient (Wildman–Crippen LogP) is 10.6. The smallest absolute Gasteiger partial charge is 0.306 e. The van der Waals surface area contributed by atoms with Gasteiger partial charge in [-0.3, -0.25) is 19.4 Å². The maximum absolute atomic E-state index is 13.2. The molecule has 0 bridgehead atoms. The van der Waals surface area contributed by atoms with E-state index in [4.69, 9.17) is 9.47 Å². The molecule has 2 aliphatic rings. The number of hydrogen-bond donors (Lipinski definition) is 2. The Bertz CT molecular complexity index is 1650. The van der Waals surface area contributed by atoms with Crippen LogP contribution >= 0.6 is 0 Å². The van der Waals surface area contributed by atoms with Gasteiger partial charge in [0.15, 0.2) is 0 Å². The van der Waals surface area contributed by atoms with Crippen LogP contribution in [0.3, 0.4) is 0 Å². The number of phenols is 2. The standard InChI is InChI=1S/C50H78N2O6/c1-33-25-35(27-39(43(33)55)45(3,4)5)19-21-41(53)57-37-29-47(9,10)51(48(11,12)30-37)23-17-18-24-52-49(13,14)31-38(32-50(52,15)16)58-42(54)22-20-36-26-34(2)44(56)40(28-36)46(6,7)8/h17-18,25-28,37-38,55-56H,19-24,29-32H2,1-16H3. The highest BCUT2D eigenvalue weighted by molar-refractivity contribution is 5.70. The summed E-state index contributed by atoms with van der Waals surface area (Å²) in [5.41, 5.74) is 4.47. The van der Waals surface area contributed by atoms with Crippen LogP contribution in [-0.4, -0.2) is 79.4 Å². The summed E-state index contributed by atoms with van der Waals surface area (Å²) in [4.78, 5) is 31.4. The van der Waals surface area contributed by atoms with Gasteiger partial charge in [-0.1, -0.05) is 78.0 Å². The van der Waals surface area contributed by atoms with Crippen molar-refractivity contribution >= 4 is 11.9 Å². The lowest BCUT2D eigenvalue weighted by molar-refractivity contribution is -0.161. The van der Waals surface area contributed by atoms with E-state index in [-0.39, 0.29) is 57.1 Å². The fraction of sp³-hybridized carbons (Fsp3) is 0.680. The van der Waals surface area contributed by atoms with Gasteiger partial charge in [0, 0.05) is 73.8 Å². The maximum atomic E-state index is 13.2. The molecule has 0 amide bonds. The molecule has 0 spiro atoms. The number of rotatable bonds is 12. The lowest BCUT2D eigenvalue weighted by Crippen LogP contribution is -2.62. The number of carbonyl (C=O) groups excluding carboxylic acids is 2. The third kappa shape index (κ3) is 11.7. The Morgan fingerprint density at radius 3 is 1.17 bits per heavy atom. The monoisotopic (exact) mass is 803 g/mol. The lowest BCUT2D eigenvalue weighted by Gasteiger charge is -2.55. The first kappa shape index (κ1) is 47.3. The molecule has 2 aliphatic heterocycles. The third-order valence-corrected chi connectivity index (χ3v) is 12.7. The summed E-state index contributed by atoms with van der Waals surface area (Å²) in [5, 5.41) is 21.2. The van der Waals surface area contributed by atoms with Crippen molar-refractivity contribution in [3.05, 3.63) is 69.8 Å². The molecule has 0 saturated carbocycles. The molecule has 0 aromatic heterocycles. The number of hydrogen-bond acceptors (Lipinski definition) is 8. The van der Waals surface area contributed by atoms with Crippen LogP contribution in [0.5, 0.6) is 11.5 Å². The molecule has 324 valence electrons. The van der Waals surface area contributed by atoms with E-state index in [1.807, 2.05) is 38.1 Å². The number of carbonyl (C=O) groups is 2. The second-order valence-corrected chi connectivity index (χ2v) is 22.1. The van der Waals surface area contributed by atoms with Crippen LogP contribution in [-0.2, 0) is 42.7 Å². The molecule has 2 aromatic rings. The Hall–Kier alpha value is -3.36. The van der Waals surface area contributed by atoms with E-state index in [1.165, 1.54) is 0 Å². The van der Waals surface area contributed by atoms with E-state index < -0.39 is 0 Å². The summed E-state index contributed by atoms with van der Waals surface area (Å²) in [5.74, 6) is 0.329. The van der Waals surface area contributed by atoms with Crippen molar-refractivity contribution in [2.45, 2.75) is 207 Å². The number of aromatic hydroxyl groups is 2. The van der Waals surface area contributed by atoms with Crippen molar-refractivity contribution in [1.29, 1.82) is 0 Å². The van der Waals surface area contributed by atoms with Gasteiger partial charge in [0.05, 0.1) is 0 Å². The zero-order valence-corrected chi connectivity index (χ0v) is 39.1. The zero-order chi connectivity index (χ0) is 43.8. The first-order valence-electron chi connectivity index (χ1n) is 21.7. The largest absolute Gasteiger partial charge is 0.507 e. The van der Waals surface area contributed by atoms with Crippen molar-refractivity contribution in [2.24, 2.45) is 0 Å². The fourth-order valence-electron chi connectivity index (χ4n) is 10.1. The molecule has 0 aliphatic carbocycles. The Balaban J connectivity index is 1.29. The van der Waals surface area contributed by atoms with Crippen molar-refractivity contribution in [3.63, 3.8) is 0 Å². The van der Waals surface area contributed by atoms with Gasteiger partial charge in [-0.05, 0) is 126 Å². The van der Waals surface area contributed by atoms with Crippen LogP contribution in [0.4, 0.5) is 0 Å². The number of esters is 2. The second kappa shape index (κ2) is 17.3. The van der Waals surface area contributed by atoms with Crippen molar-refractivity contribution in [2.75, 3.05) is 13.1 Å². The first-order valence-corrected chi connectivity index (χ1v) is 21.7. The van der Waals surface area contributed by atoms with E-state index >= 15 is 0 Å². The predicted molar refractivity (Wildman–Crippen MR) is 237 cm³/mol. The molecular weight excluding hydrogens is 725 g/mol. The Labute approximate surface area is 351 Å². The summed E-state index contributed by atoms with van der Waals surface area (Å²) in [6, 6.07) is 8.01. The number of piperidine rings is 2. The number of aryl methyl sites for hydroxylation is 4. The lowest BCUT2D eigenvalue weighted by atomic mass is 9.77. The van der Waals surface area contributed by atoms with Gasteiger partial charge in [0.1, 0.15) is 23.7 Å². The second-order valence-electron chi connectivity index (χ2n) is 22.1. The van der Waals surface area contributed by atoms with E-state index in [9.17, 15) is 19.8 Å². The molecule has 2 heterocycles. The zero-order valence-electron chi connectivity index (χ0n) is 39.1. The van der Waals surface area contributed by atoms with Gasteiger partial charge in [-0.2, -0.15) is 0 Å². The van der Waals surface area contributed by atoms with E-state index in [2.05, 4.69) is 119 Å². The van der Waals surface area contributed by atoms with E-state index in [1.54, 1.807) is 0 Å². The number of nitrogens with zero attached hydrogens (tertiary/aromatic N) is 2. The summed E-state index contributed by atoms with van der Waals surface area (Å²) >= 11 is 0. The Morgan fingerprint density at radius 2 is 0.897 bits per heavy atom. The SMILES string of the molecule is Cc1cc(CCC(=O)OC2CC(C)(C)N(CC=CCN3C(C)(C)CC(OC(=O)CCc4cc(C)c(O)c(C(C)(C)C)c4)CC3(C)C)C(C)(C)C2)cc(C(C)(C)C)c1O. The van der Waals surface area contributed by atoms with Crippen LogP contribution < -0.4 is 0 Å². The third-order valence-electron chi connectivity index (χ3n) is 12.7. The molecule has 4 rings (SSSR count). The van der Waals surface area contributed by atoms with Crippen LogP contribution in [0.15, 0.2) is 36.4 Å². The molecule has 2 fully saturated rings. The number of likely N-dealkylation sites (tertiary alicyclic amines) is 2. The van der Waals surface area contributed by atoms with Crippen LogP contribution in [0, 0.1) is 13.8 Å². The number of phenolic OH excluding ortho intramolecular Hbond substituents is 2. The Morgan fingerprint density at radius 1 is 0.603 bits per heavy atom. The minimum atomic E-state index is -0.191. The Kier molecular flexibility index (Phi) is 14.1. The van der Waals surface area contributed by atoms with Gasteiger partial charge in [-0.25, -0.2) is 0 Å².